The van der Waals surface area contributed by atoms with Gasteiger partial charge in [-0.05, 0) is 36.6 Å². The van der Waals surface area contributed by atoms with Gasteiger partial charge in [0.1, 0.15) is 0 Å². The lowest BCUT2D eigenvalue weighted by Crippen LogP contribution is -2.22. The first-order chi connectivity index (χ1) is 12.6. The van der Waals surface area contributed by atoms with E-state index in [0.717, 1.165) is 28.9 Å². The number of benzene rings is 2. The van der Waals surface area contributed by atoms with Gasteiger partial charge in [-0.2, -0.15) is 5.10 Å². The minimum atomic E-state index is -0.261. The van der Waals surface area contributed by atoms with Crippen molar-refractivity contribution in [3.8, 4) is 0 Å². The number of hydrazone groups is 1. The first-order valence-electron chi connectivity index (χ1n) is 8.81. The van der Waals surface area contributed by atoms with Gasteiger partial charge in [-0.1, -0.05) is 49.4 Å². The van der Waals surface area contributed by atoms with Crippen LogP contribution in [0, 0.1) is 6.92 Å². The van der Waals surface area contributed by atoms with E-state index in [0.29, 0.717) is 6.42 Å². The highest BCUT2D eigenvalue weighted by Crippen LogP contribution is 2.10. The van der Waals surface area contributed by atoms with Gasteiger partial charge in [-0.25, -0.2) is 5.43 Å². The number of hydrogen-bond acceptors (Lipinski definition) is 3. The van der Waals surface area contributed by atoms with Crippen LogP contribution < -0.4 is 10.7 Å². The van der Waals surface area contributed by atoms with Crippen LogP contribution in [0.3, 0.4) is 0 Å². The van der Waals surface area contributed by atoms with Gasteiger partial charge in [0.15, 0.2) is 0 Å². The maximum absolute atomic E-state index is 11.9. The number of hydrogen-bond donors (Lipinski definition) is 2. The molecule has 2 aromatic rings. The number of nitrogens with one attached hydrogen (secondary N) is 2. The van der Waals surface area contributed by atoms with Gasteiger partial charge in [0, 0.05) is 30.7 Å². The number of nitrogens with zero attached hydrogens (tertiary/aromatic N) is 1. The third kappa shape index (κ3) is 6.89. The van der Waals surface area contributed by atoms with Crippen molar-refractivity contribution in [1.29, 1.82) is 0 Å². The molecule has 0 unspecified atom stereocenters. The molecule has 0 aliphatic heterocycles. The average Bonchev–Trinajstić information content (AvgIpc) is 2.64. The number of carbonyl (C=O) groups is 2. The van der Waals surface area contributed by atoms with Crippen LogP contribution in [-0.2, 0) is 16.0 Å². The highest BCUT2D eigenvalue weighted by Gasteiger charge is 2.07. The summed E-state index contributed by atoms with van der Waals surface area (Å²) in [7, 11) is 0. The average molecular weight is 351 g/mol. The molecule has 2 amide bonds. The lowest BCUT2D eigenvalue weighted by Gasteiger charge is -2.07. The molecule has 0 aliphatic carbocycles. The zero-order chi connectivity index (χ0) is 18.8. The Hall–Kier alpha value is -2.95. The largest absolute Gasteiger partial charge is 0.326 e. The molecule has 26 heavy (non-hydrogen) atoms. The third-order valence-electron chi connectivity index (χ3n) is 3.88. The molecule has 0 atom stereocenters. The fourth-order valence-electron chi connectivity index (χ4n) is 2.45. The predicted molar refractivity (Wildman–Crippen MR) is 105 cm³/mol. The van der Waals surface area contributed by atoms with Crippen molar-refractivity contribution in [2.75, 3.05) is 5.32 Å². The molecule has 136 valence electrons. The predicted octanol–water partition coefficient (Wildman–Crippen LogP) is 3.84. The van der Waals surface area contributed by atoms with Crippen molar-refractivity contribution in [3.05, 3.63) is 65.7 Å². The number of anilines is 1. The fourth-order valence-corrected chi connectivity index (χ4v) is 2.45. The molecule has 0 radical (unpaired) electrons. The second kappa shape index (κ2) is 10.1. The van der Waals surface area contributed by atoms with Crippen molar-refractivity contribution in [3.63, 3.8) is 0 Å². The Morgan fingerprint density at radius 2 is 1.69 bits per heavy atom. The summed E-state index contributed by atoms with van der Waals surface area (Å²) in [6.07, 6.45) is 1.67. The normalized spacial score (nSPS) is 11.1. The SMILES string of the molecule is CCC(Cc1ccccc1)=NNC(=O)CCC(=O)Nc1cccc(C)c1. The number of aryl methyl sites for hydroxylation is 1. The van der Waals surface area contributed by atoms with Crippen LogP contribution in [0.4, 0.5) is 5.69 Å². The topological polar surface area (TPSA) is 70.6 Å². The Morgan fingerprint density at radius 1 is 0.962 bits per heavy atom. The molecule has 0 bridgehead atoms. The Kier molecular flexibility index (Phi) is 7.55. The highest BCUT2D eigenvalue weighted by molar-refractivity contribution is 5.93. The Balaban J connectivity index is 1.77. The molecule has 5 nitrogen and oxygen atoms in total. The fraction of sp³-hybridized carbons (Fsp3) is 0.286. The number of carbonyl (C=O) groups excluding carboxylic acids is 2. The van der Waals surface area contributed by atoms with E-state index in [2.05, 4.69) is 15.8 Å². The molecule has 0 spiro atoms. The molecule has 0 saturated carbocycles. The summed E-state index contributed by atoms with van der Waals surface area (Å²) in [5.74, 6) is -0.446. The summed E-state index contributed by atoms with van der Waals surface area (Å²) in [6, 6.07) is 17.5. The summed E-state index contributed by atoms with van der Waals surface area (Å²) in [5.41, 5.74) is 6.41. The second-order valence-electron chi connectivity index (χ2n) is 6.15. The molecular weight excluding hydrogens is 326 g/mol. The van der Waals surface area contributed by atoms with Gasteiger partial charge in [0.2, 0.25) is 11.8 Å². The van der Waals surface area contributed by atoms with E-state index >= 15 is 0 Å². The van der Waals surface area contributed by atoms with E-state index in [1.165, 1.54) is 0 Å². The van der Waals surface area contributed by atoms with Gasteiger partial charge in [0.05, 0.1) is 0 Å². The third-order valence-corrected chi connectivity index (χ3v) is 3.88. The molecule has 2 aromatic carbocycles. The van der Waals surface area contributed by atoms with Crippen molar-refractivity contribution in [2.24, 2.45) is 5.10 Å². The Morgan fingerprint density at radius 3 is 2.38 bits per heavy atom. The van der Waals surface area contributed by atoms with Crippen molar-refractivity contribution in [1.82, 2.24) is 5.43 Å². The van der Waals surface area contributed by atoms with Gasteiger partial charge < -0.3 is 5.32 Å². The summed E-state index contributed by atoms with van der Waals surface area (Å²) in [5, 5.41) is 6.99. The van der Waals surface area contributed by atoms with E-state index in [1.807, 2.05) is 68.4 Å². The summed E-state index contributed by atoms with van der Waals surface area (Å²) >= 11 is 0. The van der Waals surface area contributed by atoms with Crippen LogP contribution in [0.5, 0.6) is 0 Å². The van der Waals surface area contributed by atoms with Crippen LogP contribution in [0.2, 0.25) is 0 Å². The van der Waals surface area contributed by atoms with E-state index < -0.39 is 0 Å². The summed E-state index contributed by atoms with van der Waals surface area (Å²) < 4.78 is 0. The molecule has 0 saturated heterocycles. The lowest BCUT2D eigenvalue weighted by atomic mass is 10.1. The molecule has 0 aliphatic rings. The number of rotatable bonds is 8. The van der Waals surface area contributed by atoms with E-state index in [-0.39, 0.29) is 24.7 Å². The zero-order valence-corrected chi connectivity index (χ0v) is 15.3. The molecule has 0 fully saturated rings. The Labute approximate surface area is 154 Å². The first kappa shape index (κ1) is 19.4. The maximum Gasteiger partial charge on any atom is 0.240 e. The van der Waals surface area contributed by atoms with Gasteiger partial charge in [0.25, 0.3) is 0 Å². The van der Waals surface area contributed by atoms with Crippen LogP contribution in [0.15, 0.2) is 59.7 Å². The summed E-state index contributed by atoms with van der Waals surface area (Å²) in [4.78, 5) is 23.9. The minimum Gasteiger partial charge on any atom is -0.326 e. The quantitative estimate of drug-likeness (QED) is 0.560. The Bertz CT molecular complexity index is 770. The van der Waals surface area contributed by atoms with Crippen LogP contribution in [-0.4, -0.2) is 17.5 Å². The first-order valence-corrected chi connectivity index (χ1v) is 8.81. The van der Waals surface area contributed by atoms with Crippen LogP contribution in [0.25, 0.3) is 0 Å². The van der Waals surface area contributed by atoms with Crippen molar-refractivity contribution >= 4 is 23.2 Å². The standard InChI is InChI=1S/C21H25N3O2/c1-3-18(15-17-9-5-4-6-10-17)23-24-21(26)13-12-20(25)22-19-11-7-8-16(2)14-19/h4-11,14H,3,12-13,15H2,1-2H3,(H,22,25)(H,24,26). The van der Waals surface area contributed by atoms with E-state index in [9.17, 15) is 9.59 Å². The van der Waals surface area contributed by atoms with E-state index in [1.54, 1.807) is 0 Å². The highest BCUT2D eigenvalue weighted by atomic mass is 16.2. The van der Waals surface area contributed by atoms with Crippen LogP contribution >= 0.6 is 0 Å². The monoisotopic (exact) mass is 351 g/mol. The van der Waals surface area contributed by atoms with E-state index in [4.69, 9.17) is 0 Å². The molecule has 2 rings (SSSR count). The van der Waals surface area contributed by atoms with Crippen molar-refractivity contribution < 1.29 is 9.59 Å². The molecule has 2 N–H and O–H groups in total. The lowest BCUT2D eigenvalue weighted by molar-refractivity contribution is -0.124. The van der Waals surface area contributed by atoms with Crippen molar-refractivity contribution in [2.45, 2.75) is 39.5 Å². The van der Waals surface area contributed by atoms with Crippen LogP contribution in [0.1, 0.15) is 37.3 Å². The molecule has 0 aromatic heterocycles. The van der Waals surface area contributed by atoms with Gasteiger partial charge in [-0.15, -0.1) is 0 Å². The summed E-state index contributed by atoms with van der Waals surface area (Å²) in [6.45, 7) is 3.96. The van der Waals surface area contributed by atoms with Gasteiger partial charge >= 0.3 is 0 Å². The minimum absolute atomic E-state index is 0.101. The molecule has 5 heteroatoms. The zero-order valence-electron chi connectivity index (χ0n) is 15.3. The van der Waals surface area contributed by atoms with Gasteiger partial charge in [-0.3, -0.25) is 9.59 Å². The number of amides is 2. The molecule has 0 heterocycles. The maximum atomic E-state index is 11.9. The smallest absolute Gasteiger partial charge is 0.240 e. The molecular formula is C21H25N3O2. The second-order valence-corrected chi connectivity index (χ2v) is 6.15.